The lowest BCUT2D eigenvalue weighted by Crippen LogP contribution is -2.09. The summed E-state index contributed by atoms with van der Waals surface area (Å²) in [5.74, 6) is -2.25. The van der Waals surface area contributed by atoms with E-state index in [-0.39, 0.29) is 17.2 Å². The smallest absolute Gasteiger partial charge is 0.341 e. The predicted octanol–water partition coefficient (Wildman–Crippen LogP) is 4.99. The van der Waals surface area contributed by atoms with Gasteiger partial charge in [-0.05, 0) is 60.7 Å². The molecule has 132 valence electrons. The van der Waals surface area contributed by atoms with Gasteiger partial charge in [0.25, 0.3) is 0 Å². The Bertz CT molecular complexity index is 879. The van der Waals surface area contributed by atoms with E-state index in [4.69, 9.17) is 0 Å². The van der Waals surface area contributed by atoms with Crippen LogP contribution in [-0.4, -0.2) is 13.1 Å². The van der Waals surface area contributed by atoms with Gasteiger partial charge in [-0.3, -0.25) is 0 Å². The van der Waals surface area contributed by atoms with Crippen LogP contribution in [-0.2, 0) is 15.6 Å². The van der Waals surface area contributed by atoms with Gasteiger partial charge in [0.1, 0.15) is 23.0 Å². The maximum Gasteiger partial charge on any atom is 0.341 e. The summed E-state index contributed by atoms with van der Waals surface area (Å²) in [6.07, 6.45) is 0. The Morgan fingerprint density at radius 3 is 1.69 bits per heavy atom. The first-order valence-electron chi connectivity index (χ1n) is 7.63. The minimum absolute atomic E-state index is 0.188. The largest absolute Gasteiger partial charge is 0.465 e. The molecule has 26 heavy (non-hydrogen) atoms. The van der Waals surface area contributed by atoms with E-state index in [1.807, 2.05) is 0 Å². The van der Waals surface area contributed by atoms with Gasteiger partial charge in [-0.2, -0.15) is 0 Å². The molecule has 0 aliphatic heterocycles. The summed E-state index contributed by atoms with van der Waals surface area (Å²) in [7, 11) is 0.399. The zero-order valence-corrected chi connectivity index (χ0v) is 14.5. The Morgan fingerprint density at radius 2 is 1.23 bits per heavy atom. The molecule has 0 aromatic heterocycles. The fourth-order valence-corrected chi connectivity index (χ4v) is 4.52. The van der Waals surface area contributed by atoms with Crippen LogP contribution in [0.1, 0.15) is 10.4 Å². The molecular formula is C20H14F3O2S+. The number of esters is 1. The average molecular weight is 375 g/mol. The second-order valence-electron chi connectivity index (χ2n) is 5.35. The van der Waals surface area contributed by atoms with E-state index in [1.165, 1.54) is 43.5 Å². The minimum Gasteiger partial charge on any atom is -0.465 e. The van der Waals surface area contributed by atoms with Gasteiger partial charge in [-0.15, -0.1) is 0 Å². The lowest BCUT2D eigenvalue weighted by atomic mass is 10.2. The van der Waals surface area contributed by atoms with Gasteiger partial charge in [0.2, 0.25) is 0 Å². The van der Waals surface area contributed by atoms with Crippen LogP contribution in [0.25, 0.3) is 0 Å². The van der Waals surface area contributed by atoms with Crippen molar-refractivity contribution in [3.8, 4) is 0 Å². The molecule has 0 radical (unpaired) electrons. The summed E-state index contributed by atoms with van der Waals surface area (Å²) in [5, 5.41) is 0. The number of hydrogen-bond donors (Lipinski definition) is 0. The first kappa shape index (κ1) is 18.1. The Kier molecular flexibility index (Phi) is 5.32. The van der Waals surface area contributed by atoms with Crippen molar-refractivity contribution in [3.63, 3.8) is 0 Å². The van der Waals surface area contributed by atoms with Crippen LogP contribution in [0, 0.1) is 17.5 Å². The summed E-state index contributed by atoms with van der Waals surface area (Å²) in [6.45, 7) is 0. The van der Waals surface area contributed by atoms with E-state index < -0.39 is 22.7 Å². The van der Waals surface area contributed by atoms with Crippen LogP contribution in [0.3, 0.4) is 0 Å². The zero-order valence-electron chi connectivity index (χ0n) is 13.7. The van der Waals surface area contributed by atoms with Crippen LogP contribution >= 0.6 is 0 Å². The zero-order chi connectivity index (χ0) is 18.7. The fraction of sp³-hybridized carbons (Fsp3) is 0.0500. The molecule has 3 aromatic carbocycles. The van der Waals surface area contributed by atoms with Gasteiger partial charge in [0.05, 0.1) is 18.0 Å². The van der Waals surface area contributed by atoms with E-state index in [2.05, 4.69) is 4.74 Å². The van der Waals surface area contributed by atoms with Crippen molar-refractivity contribution in [2.45, 2.75) is 14.7 Å². The third kappa shape index (κ3) is 3.75. The van der Waals surface area contributed by atoms with Gasteiger partial charge < -0.3 is 4.74 Å². The first-order chi connectivity index (χ1) is 12.5. The number of carbonyl (C=O) groups excluding carboxylic acids is 1. The molecule has 0 spiro atoms. The van der Waals surface area contributed by atoms with Crippen molar-refractivity contribution < 1.29 is 22.7 Å². The molecule has 0 heterocycles. The molecular weight excluding hydrogens is 361 g/mol. The third-order valence-electron chi connectivity index (χ3n) is 3.68. The monoisotopic (exact) mass is 375 g/mol. The molecule has 0 atom stereocenters. The predicted molar refractivity (Wildman–Crippen MR) is 92.7 cm³/mol. The molecule has 0 amide bonds. The number of methoxy groups -OCH3 is 1. The molecule has 0 bridgehead atoms. The standard InChI is InChI=1S/C20H14F3O2S/c1-25-20(24)18-12-17(10-11-19(18)23)26(15-6-2-13(21)3-7-15)16-8-4-14(22)5-9-16/h2-12H,1H3/q+1. The lowest BCUT2D eigenvalue weighted by Gasteiger charge is -2.09. The molecule has 3 rings (SSSR count). The highest BCUT2D eigenvalue weighted by molar-refractivity contribution is 7.97. The van der Waals surface area contributed by atoms with E-state index in [0.29, 0.717) is 4.90 Å². The third-order valence-corrected chi connectivity index (χ3v) is 5.89. The van der Waals surface area contributed by atoms with Crippen molar-refractivity contribution in [1.29, 1.82) is 0 Å². The maximum atomic E-state index is 14.0. The number of benzene rings is 3. The summed E-state index contributed by atoms with van der Waals surface area (Å²) in [5.41, 5.74) is -0.188. The van der Waals surface area contributed by atoms with Crippen molar-refractivity contribution in [1.82, 2.24) is 0 Å². The molecule has 2 nitrogen and oxygen atoms in total. The van der Waals surface area contributed by atoms with Gasteiger partial charge in [-0.1, -0.05) is 0 Å². The number of carbonyl (C=O) groups is 1. The van der Waals surface area contributed by atoms with Crippen molar-refractivity contribution in [2.24, 2.45) is 0 Å². The highest BCUT2D eigenvalue weighted by atomic mass is 32.2. The van der Waals surface area contributed by atoms with Crippen LogP contribution < -0.4 is 0 Å². The molecule has 0 aliphatic rings. The number of ether oxygens (including phenoxy) is 1. The Morgan fingerprint density at radius 1 is 0.769 bits per heavy atom. The topological polar surface area (TPSA) is 26.3 Å². The molecule has 0 aliphatic carbocycles. The quantitative estimate of drug-likeness (QED) is 0.475. The molecule has 0 saturated carbocycles. The molecule has 0 fully saturated rings. The normalized spacial score (nSPS) is 10.8. The van der Waals surface area contributed by atoms with Crippen LogP contribution in [0.2, 0.25) is 0 Å². The highest BCUT2D eigenvalue weighted by Gasteiger charge is 2.30. The van der Waals surface area contributed by atoms with E-state index >= 15 is 0 Å². The van der Waals surface area contributed by atoms with E-state index in [9.17, 15) is 18.0 Å². The summed E-state index contributed by atoms with van der Waals surface area (Å²) in [6, 6.07) is 15.9. The second kappa shape index (κ2) is 7.66. The first-order valence-corrected chi connectivity index (χ1v) is 8.85. The molecule has 6 heteroatoms. The summed E-state index contributed by atoms with van der Waals surface area (Å²) < 4.78 is 45.2. The van der Waals surface area contributed by atoms with Crippen LogP contribution in [0.4, 0.5) is 13.2 Å². The Labute approximate surface area is 151 Å². The van der Waals surface area contributed by atoms with Gasteiger partial charge >= 0.3 is 5.97 Å². The van der Waals surface area contributed by atoms with Crippen LogP contribution in [0.15, 0.2) is 81.4 Å². The minimum atomic E-state index is -0.786. The maximum absolute atomic E-state index is 14.0. The Balaban J connectivity index is 2.16. The van der Waals surface area contributed by atoms with Gasteiger partial charge in [0, 0.05) is 6.07 Å². The van der Waals surface area contributed by atoms with Crippen molar-refractivity contribution >= 4 is 16.9 Å². The summed E-state index contributed by atoms with van der Waals surface area (Å²) >= 11 is 0. The average Bonchev–Trinajstić information content (AvgIpc) is 2.65. The number of hydrogen-bond acceptors (Lipinski definition) is 2. The number of rotatable bonds is 4. The van der Waals surface area contributed by atoms with Crippen LogP contribution in [0.5, 0.6) is 0 Å². The summed E-state index contributed by atoms with van der Waals surface area (Å²) in [4.78, 5) is 13.9. The van der Waals surface area contributed by atoms with E-state index in [1.54, 1.807) is 30.3 Å². The molecule has 3 aromatic rings. The lowest BCUT2D eigenvalue weighted by molar-refractivity contribution is 0.0595. The SMILES string of the molecule is COC(=O)c1cc([S+](c2ccc(F)cc2)c2ccc(F)cc2)ccc1F. The highest BCUT2D eigenvalue weighted by Crippen LogP contribution is 2.32. The molecule has 0 N–H and O–H groups in total. The molecule has 0 unspecified atom stereocenters. The van der Waals surface area contributed by atoms with Crippen molar-refractivity contribution in [2.75, 3.05) is 7.11 Å². The number of halogens is 3. The Hall–Kier alpha value is -2.73. The van der Waals surface area contributed by atoms with Gasteiger partial charge in [-0.25, -0.2) is 18.0 Å². The van der Waals surface area contributed by atoms with Crippen molar-refractivity contribution in [3.05, 3.63) is 89.7 Å². The fourth-order valence-electron chi connectivity index (χ4n) is 2.45. The molecule has 0 saturated heterocycles. The van der Waals surface area contributed by atoms with E-state index in [0.717, 1.165) is 9.79 Å². The van der Waals surface area contributed by atoms with Gasteiger partial charge in [0.15, 0.2) is 14.7 Å². The second-order valence-corrected chi connectivity index (χ2v) is 7.37.